The standard InChI is InChI=1S/C39H34BN3O2S/c1-38(2)39(3,4)45-40(44-38)29-23-31(34-32(24-29)30-17-11-12-18-33(30)46-34)25-19-21-28(22-20-25)37-42-35(26-13-7-5-8-14-26)41-36(43-37)27-15-9-6-10-16-27/h5,7-9,11-24H,6,10H2,1-4H3. The van der Waals surface area contributed by atoms with Crippen LogP contribution in [0.4, 0.5) is 0 Å². The van der Waals surface area contributed by atoms with Gasteiger partial charge in [-0.3, -0.25) is 0 Å². The molecule has 0 N–H and O–H groups in total. The molecule has 2 aliphatic rings. The average Bonchev–Trinajstić information content (AvgIpc) is 3.57. The van der Waals surface area contributed by atoms with Gasteiger partial charge in [-0.2, -0.15) is 0 Å². The fraction of sp³-hybridized carbons (Fsp3) is 0.205. The number of hydrogen-bond donors (Lipinski definition) is 0. The van der Waals surface area contributed by atoms with E-state index in [1.807, 2.05) is 41.7 Å². The van der Waals surface area contributed by atoms with Crippen LogP contribution in [-0.2, 0) is 9.31 Å². The molecule has 5 nitrogen and oxygen atoms in total. The lowest BCUT2D eigenvalue weighted by Crippen LogP contribution is -2.41. The van der Waals surface area contributed by atoms with Crippen molar-refractivity contribution in [3.63, 3.8) is 0 Å². The third kappa shape index (κ3) is 5.09. The Bertz CT molecular complexity index is 2150. The Morgan fingerprint density at radius 3 is 1.98 bits per heavy atom. The van der Waals surface area contributed by atoms with Crippen LogP contribution in [0.1, 0.15) is 46.4 Å². The normalized spacial score (nSPS) is 17.1. The molecule has 4 aromatic carbocycles. The molecule has 2 aromatic heterocycles. The summed E-state index contributed by atoms with van der Waals surface area (Å²) in [4.78, 5) is 14.8. The van der Waals surface area contributed by atoms with Crippen LogP contribution in [0, 0.1) is 0 Å². The second-order valence-corrected chi connectivity index (χ2v) is 14.1. The van der Waals surface area contributed by atoms with E-state index in [1.165, 1.54) is 20.2 Å². The van der Waals surface area contributed by atoms with Gasteiger partial charge in [-0.1, -0.05) is 103 Å². The van der Waals surface area contributed by atoms with Crippen molar-refractivity contribution < 1.29 is 9.31 Å². The number of nitrogens with zero attached hydrogens (tertiary/aromatic N) is 3. The van der Waals surface area contributed by atoms with Gasteiger partial charge < -0.3 is 9.31 Å². The fourth-order valence-electron chi connectivity index (χ4n) is 6.11. The van der Waals surface area contributed by atoms with Gasteiger partial charge in [0, 0.05) is 36.9 Å². The van der Waals surface area contributed by atoms with E-state index in [1.54, 1.807) is 0 Å². The van der Waals surface area contributed by atoms with Gasteiger partial charge in [-0.25, -0.2) is 15.0 Å². The van der Waals surface area contributed by atoms with Crippen molar-refractivity contribution in [3.8, 4) is 33.9 Å². The largest absolute Gasteiger partial charge is 0.494 e. The van der Waals surface area contributed by atoms with Crippen LogP contribution in [0.25, 0.3) is 59.6 Å². The zero-order valence-corrected chi connectivity index (χ0v) is 27.3. The number of thiophene rings is 1. The van der Waals surface area contributed by atoms with E-state index in [0.717, 1.165) is 46.1 Å². The smallest absolute Gasteiger partial charge is 0.399 e. The van der Waals surface area contributed by atoms with Crippen LogP contribution in [0.3, 0.4) is 0 Å². The van der Waals surface area contributed by atoms with E-state index in [-0.39, 0.29) is 0 Å². The predicted molar refractivity (Wildman–Crippen MR) is 191 cm³/mol. The van der Waals surface area contributed by atoms with Crippen molar-refractivity contribution in [2.75, 3.05) is 0 Å². The zero-order valence-electron chi connectivity index (χ0n) is 26.5. The van der Waals surface area contributed by atoms with E-state index in [2.05, 4.69) is 107 Å². The summed E-state index contributed by atoms with van der Waals surface area (Å²) >= 11 is 1.82. The Morgan fingerprint density at radius 1 is 0.652 bits per heavy atom. The Labute approximate surface area is 273 Å². The molecule has 1 aliphatic heterocycles. The van der Waals surface area contributed by atoms with Crippen molar-refractivity contribution in [3.05, 3.63) is 115 Å². The molecule has 0 unspecified atom stereocenters. The molecule has 8 rings (SSSR count). The van der Waals surface area contributed by atoms with Crippen LogP contribution >= 0.6 is 11.3 Å². The molecule has 0 radical (unpaired) electrons. The third-order valence-corrected chi connectivity index (χ3v) is 10.6. The number of fused-ring (bicyclic) bond motifs is 3. The molecule has 7 heteroatoms. The molecule has 0 saturated carbocycles. The highest BCUT2D eigenvalue weighted by molar-refractivity contribution is 7.26. The lowest BCUT2D eigenvalue weighted by atomic mass is 9.77. The summed E-state index contributed by atoms with van der Waals surface area (Å²) in [5.41, 5.74) is 5.42. The molecule has 1 aliphatic carbocycles. The predicted octanol–water partition coefficient (Wildman–Crippen LogP) is 9.27. The van der Waals surface area contributed by atoms with Gasteiger partial charge in [0.1, 0.15) is 0 Å². The molecular weight excluding hydrogens is 585 g/mol. The number of rotatable bonds is 5. The highest BCUT2D eigenvalue weighted by Gasteiger charge is 2.51. The van der Waals surface area contributed by atoms with E-state index in [9.17, 15) is 0 Å². The van der Waals surface area contributed by atoms with E-state index in [0.29, 0.717) is 17.5 Å². The van der Waals surface area contributed by atoms with Crippen LogP contribution in [0.2, 0.25) is 0 Å². The second kappa shape index (κ2) is 11.1. The molecule has 6 aromatic rings. The summed E-state index contributed by atoms with van der Waals surface area (Å²) in [7, 11) is -0.450. The van der Waals surface area contributed by atoms with Gasteiger partial charge in [0.25, 0.3) is 0 Å². The molecule has 1 saturated heterocycles. The maximum Gasteiger partial charge on any atom is 0.494 e. The van der Waals surface area contributed by atoms with Crippen LogP contribution in [-0.4, -0.2) is 33.3 Å². The van der Waals surface area contributed by atoms with E-state index >= 15 is 0 Å². The van der Waals surface area contributed by atoms with Crippen molar-refractivity contribution in [2.24, 2.45) is 0 Å². The Balaban J connectivity index is 1.24. The first kappa shape index (κ1) is 29.0. The average molecular weight is 620 g/mol. The minimum Gasteiger partial charge on any atom is -0.399 e. The molecule has 0 atom stereocenters. The van der Waals surface area contributed by atoms with Crippen molar-refractivity contribution >= 4 is 49.7 Å². The Morgan fingerprint density at radius 2 is 1.28 bits per heavy atom. The second-order valence-electron chi connectivity index (χ2n) is 13.0. The molecule has 226 valence electrons. The number of hydrogen-bond acceptors (Lipinski definition) is 6. The third-order valence-electron chi connectivity index (χ3n) is 9.40. The lowest BCUT2D eigenvalue weighted by molar-refractivity contribution is 0.00578. The Hall–Kier alpha value is -4.43. The number of aromatic nitrogens is 3. The van der Waals surface area contributed by atoms with Crippen molar-refractivity contribution in [1.82, 2.24) is 15.0 Å². The Kier molecular flexibility index (Phi) is 7.02. The van der Waals surface area contributed by atoms with Crippen LogP contribution in [0.5, 0.6) is 0 Å². The first-order chi connectivity index (χ1) is 22.3. The van der Waals surface area contributed by atoms with Gasteiger partial charge >= 0.3 is 7.12 Å². The van der Waals surface area contributed by atoms with Gasteiger partial charge in [-0.05, 0) is 63.2 Å². The monoisotopic (exact) mass is 619 g/mol. The molecule has 1 fully saturated rings. The number of benzene rings is 4. The van der Waals surface area contributed by atoms with Crippen molar-refractivity contribution in [2.45, 2.75) is 51.7 Å². The SMILES string of the molecule is CC1(C)OB(c2cc(-c3ccc(-c4nc(C5=CCCC=C5)nc(-c5ccccc5)n4)cc3)c3sc4ccccc4c3c2)OC1(C)C. The molecule has 0 spiro atoms. The van der Waals surface area contributed by atoms with Gasteiger partial charge in [0.15, 0.2) is 17.5 Å². The summed E-state index contributed by atoms with van der Waals surface area (Å²) in [5, 5.41) is 2.46. The first-order valence-corrected chi connectivity index (χ1v) is 16.7. The molecule has 0 amide bonds. The lowest BCUT2D eigenvalue weighted by Gasteiger charge is -2.32. The van der Waals surface area contributed by atoms with Gasteiger partial charge in [-0.15, -0.1) is 11.3 Å². The summed E-state index contributed by atoms with van der Waals surface area (Å²) in [6, 6.07) is 31.8. The molecular formula is C39H34BN3O2S. The van der Waals surface area contributed by atoms with E-state index in [4.69, 9.17) is 24.3 Å². The number of allylic oxidation sites excluding steroid dienone is 4. The topological polar surface area (TPSA) is 57.1 Å². The summed E-state index contributed by atoms with van der Waals surface area (Å²) in [5.74, 6) is 2.03. The first-order valence-electron chi connectivity index (χ1n) is 15.9. The quantitative estimate of drug-likeness (QED) is 0.180. The van der Waals surface area contributed by atoms with Crippen LogP contribution in [0.15, 0.2) is 109 Å². The van der Waals surface area contributed by atoms with Gasteiger partial charge in [0.2, 0.25) is 0 Å². The molecule has 46 heavy (non-hydrogen) atoms. The van der Waals surface area contributed by atoms with E-state index < -0.39 is 18.3 Å². The highest BCUT2D eigenvalue weighted by Crippen LogP contribution is 2.42. The van der Waals surface area contributed by atoms with Gasteiger partial charge in [0.05, 0.1) is 11.2 Å². The van der Waals surface area contributed by atoms with Crippen molar-refractivity contribution in [1.29, 1.82) is 0 Å². The molecule has 3 heterocycles. The summed E-state index contributed by atoms with van der Waals surface area (Å²) in [6.45, 7) is 8.40. The molecule has 0 bridgehead atoms. The summed E-state index contributed by atoms with van der Waals surface area (Å²) in [6.07, 6.45) is 8.53. The maximum atomic E-state index is 6.51. The zero-order chi connectivity index (χ0) is 31.5. The van der Waals surface area contributed by atoms with Crippen LogP contribution < -0.4 is 5.46 Å². The summed E-state index contributed by atoms with van der Waals surface area (Å²) < 4.78 is 15.5. The minimum absolute atomic E-state index is 0.420. The minimum atomic E-state index is -0.450. The fourth-order valence-corrected chi connectivity index (χ4v) is 7.33. The maximum absolute atomic E-state index is 6.51. The highest BCUT2D eigenvalue weighted by atomic mass is 32.1.